The molecule has 3 nitrogen and oxygen atoms in total. The number of carbonyl (C=O) groups is 1. The Labute approximate surface area is 92.0 Å². The van der Waals surface area contributed by atoms with Gasteiger partial charge >= 0.3 is 0 Å². The number of hydrogen-bond donors (Lipinski definition) is 2. The Kier molecular flexibility index (Phi) is 4.64. The summed E-state index contributed by atoms with van der Waals surface area (Å²) in [7, 11) is 0. The van der Waals surface area contributed by atoms with Crippen LogP contribution in [0.1, 0.15) is 39.0 Å². The van der Waals surface area contributed by atoms with Gasteiger partial charge in [-0.05, 0) is 32.7 Å². The summed E-state index contributed by atoms with van der Waals surface area (Å²) in [6.45, 7) is 3.96. The maximum atomic E-state index is 11.6. The van der Waals surface area contributed by atoms with Crippen LogP contribution in [0.15, 0.2) is 0 Å². The van der Waals surface area contributed by atoms with Crippen molar-refractivity contribution in [1.29, 1.82) is 0 Å². The van der Waals surface area contributed by atoms with E-state index in [1.807, 2.05) is 0 Å². The van der Waals surface area contributed by atoms with Gasteiger partial charge in [0.2, 0.25) is 5.91 Å². The van der Waals surface area contributed by atoms with Crippen molar-refractivity contribution in [3.63, 3.8) is 0 Å². The second kappa shape index (κ2) is 5.77. The van der Waals surface area contributed by atoms with Gasteiger partial charge in [-0.15, -0.1) is 12.3 Å². The van der Waals surface area contributed by atoms with Gasteiger partial charge in [-0.2, -0.15) is 0 Å². The monoisotopic (exact) mass is 208 g/mol. The predicted molar refractivity (Wildman–Crippen MR) is 61.3 cm³/mol. The Morgan fingerprint density at radius 3 is 3.00 bits per heavy atom. The first-order valence-corrected chi connectivity index (χ1v) is 5.61. The Morgan fingerprint density at radius 2 is 2.40 bits per heavy atom. The fraction of sp³-hybridized carbons (Fsp3) is 0.750. The van der Waals surface area contributed by atoms with Crippen molar-refractivity contribution in [3.05, 3.63) is 0 Å². The molecule has 1 unspecified atom stereocenters. The quantitative estimate of drug-likeness (QED) is 0.524. The van der Waals surface area contributed by atoms with Crippen LogP contribution in [0.5, 0.6) is 0 Å². The first-order valence-electron chi connectivity index (χ1n) is 5.61. The van der Waals surface area contributed by atoms with Crippen molar-refractivity contribution in [2.24, 2.45) is 0 Å². The molecule has 1 atom stereocenters. The molecule has 0 aromatic heterocycles. The highest BCUT2D eigenvalue weighted by Crippen LogP contribution is 2.13. The topological polar surface area (TPSA) is 41.1 Å². The fourth-order valence-electron chi connectivity index (χ4n) is 1.84. The Bertz CT molecular complexity index is 249. The second-order valence-electron chi connectivity index (χ2n) is 4.45. The third kappa shape index (κ3) is 4.35. The summed E-state index contributed by atoms with van der Waals surface area (Å²) in [6.07, 6.45) is 9.35. The summed E-state index contributed by atoms with van der Waals surface area (Å²) in [6, 6.07) is 0. The summed E-state index contributed by atoms with van der Waals surface area (Å²) in [4.78, 5) is 11.6. The molecule has 1 aliphatic heterocycles. The molecule has 1 aliphatic rings. The largest absolute Gasteiger partial charge is 0.350 e. The lowest BCUT2D eigenvalue weighted by Crippen LogP contribution is -2.47. The van der Waals surface area contributed by atoms with E-state index in [1.165, 1.54) is 0 Å². The molecule has 1 fully saturated rings. The second-order valence-corrected chi connectivity index (χ2v) is 4.45. The smallest absolute Gasteiger partial charge is 0.220 e. The van der Waals surface area contributed by atoms with Gasteiger partial charge in [0.1, 0.15) is 0 Å². The highest BCUT2D eigenvalue weighted by Gasteiger charge is 2.29. The minimum absolute atomic E-state index is 0.0385. The molecule has 3 heteroatoms. The third-order valence-corrected chi connectivity index (χ3v) is 2.78. The van der Waals surface area contributed by atoms with Crippen molar-refractivity contribution in [3.8, 4) is 12.3 Å². The van der Waals surface area contributed by atoms with Crippen LogP contribution in [0, 0.1) is 12.3 Å². The number of hydrogen-bond acceptors (Lipinski definition) is 2. The van der Waals surface area contributed by atoms with E-state index in [1.54, 1.807) is 0 Å². The summed E-state index contributed by atoms with van der Waals surface area (Å²) in [5.74, 6) is 2.73. The first kappa shape index (κ1) is 12.1. The van der Waals surface area contributed by atoms with E-state index in [9.17, 15) is 4.79 Å². The van der Waals surface area contributed by atoms with Crippen molar-refractivity contribution in [2.45, 2.75) is 44.6 Å². The maximum Gasteiger partial charge on any atom is 0.220 e. The average molecular weight is 208 g/mol. The molecule has 1 heterocycles. The lowest BCUT2D eigenvalue weighted by Gasteiger charge is -2.24. The molecule has 2 N–H and O–H groups in total. The molecule has 84 valence electrons. The minimum Gasteiger partial charge on any atom is -0.350 e. The average Bonchev–Trinajstić information content (AvgIpc) is 2.59. The summed E-state index contributed by atoms with van der Waals surface area (Å²) in [5.41, 5.74) is -0.0385. The van der Waals surface area contributed by atoms with Crippen LogP contribution in [-0.4, -0.2) is 24.5 Å². The van der Waals surface area contributed by atoms with Gasteiger partial charge in [0.25, 0.3) is 0 Å². The lowest BCUT2D eigenvalue weighted by molar-refractivity contribution is -0.122. The molecule has 1 saturated heterocycles. The molecule has 0 aromatic rings. The van der Waals surface area contributed by atoms with Crippen LogP contribution in [0.4, 0.5) is 0 Å². The predicted octanol–water partition coefficient (Wildman–Crippen LogP) is 1.05. The number of nitrogens with one attached hydrogen (secondary N) is 2. The molecule has 0 saturated carbocycles. The van der Waals surface area contributed by atoms with Crippen LogP contribution in [0.25, 0.3) is 0 Å². The summed E-state index contributed by atoms with van der Waals surface area (Å²) >= 11 is 0. The van der Waals surface area contributed by atoms with Gasteiger partial charge in [0.15, 0.2) is 0 Å². The molecule has 15 heavy (non-hydrogen) atoms. The van der Waals surface area contributed by atoms with Gasteiger partial charge in [-0.25, -0.2) is 0 Å². The van der Waals surface area contributed by atoms with Crippen LogP contribution in [0.2, 0.25) is 0 Å². The highest BCUT2D eigenvalue weighted by atomic mass is 16.1. The van der Waals surface area contributed by atoms with Crippen LogP contribution in [0.3, 0.4) is 0 Å². The van der Waals surface area contributed by atoms with E-state index in [2.05, 4.69) is 23.5 Å². The van der Waals surface area contributed by atoms with Crippen molar-refractivity contribution in [2.75, 3.05) is 13.1 Å². The van der Waals surface area contributed by atoms with E-state index >= 15 is 0 Å². The fourth-order valence-corrected chi connectivity index (χ4v) is 1.84. The van der Waals surface area contributed by atoms with Crippen molar-refractivity contribution < 1.29 is 4.79 Å². The van der Waals surface area contributed by atoms with Gasteiger partial charge in [-0.1, -0.05) is 0 Å². The molecule has 0 spiro atoms. The molecule has 0 bridgehead atoms. The third-order valence-electron chi connectivity index (χ3n) is 2.78. The SMILES string of the molecule is C#CCCCCC(=O)NC1(C)CCNC1. The van der Waals surface area contributed by atoms with E-state index < -0.39 is 0 Å². The number of amides is 1. The zero-order valence-electron chi connectivity index (χ0n) is 9.44. The standard InChI is InChI=1S/C12H20N2O/c1-3-4-5-6-7-11(15)14-12(2)8-9-13-10-12/h1,13H,4-10H2,2H3,(H,14,15). The van der Waals surface area contributed by atoms with E-state index in [4.69, 9.17) is 6.42 Å². The first-order chi connectivity index (χ1) is 7.16. The lowest BCUT2D eigenvalue weighted by atomic mass is 10.0. The molecular formula is C12H20N2O. The van der Waals surface area contributed by atoms with Crippen LogP contribution >= 0.6 is 0 Å². The summed E-state index contributed by atoms with van der Waals surface area (Å²) in [5, 5.41) is 6.33. The molecule has 1 amide bonds. The van der Waals surface area contributed by atoms with E-state index in [0.717, 1.165) is 38.8 Å². The molecule has 0 aromatic carbocycles. The molecule has 0 aliphatic carbocycles. The van der Waals surface area contributed by atoms with E-state index in [-0.39, 0.29) is 11.4 Å². The Hall–Kier alpha value is -1.01. The van der Waals surface area contributed by atoms with E-state index in [0.29, 0.717) is 6.42 Å². The maximum absolute atomic E-state index is 11.6. The van der Waals surface area contributed by atoms with Crippen molar-refractivity contribution >= 4 is 5.91 Å². The molecular weight excluding hydrogens is 188 g/mol. The molecule has 1 rings (SSSR count). The normalized spacial score (nSPS) is 24.8. The van der Waals surface area contributed by atoms with Gasteiger partial charge in [0, 0.05) is 19.4 Å². The van der Waals surface area contributed by atoms with Gasteiger partial charge in [-0.3, -0.25) is 4.79 Å². The summed E-state index contributed by atoms with van der Waals surface area (Å²) < 4.78 is 0. The van der Waals surface area contributed by atoms with Crippen LogP contribution < -0.4 is 10.6 Å². The number of carbonyl (C=O) groups excluding carboxylic acids is 1. The number of terminal acetylenes is 1. The van der Waals surface area contributed by atoms with Crippen LogP contribution in [-0.2, 0) is 4.79 Å². The zero-order chi connectivity index (χ0) is 11.1. The van der Waals surface area contributed by atoms with Crippen molar-refractivity contribution in [1.82, 2.24) is 10.6 Å². The minimum atomic E-state index is -0.0385. The molecule has 0 radical (unpaired) electrons. The Balaban J connectivity index is 2.15. The zero-order valence-corrected chi connectivity index (χ0v) is 9.44. The Morgan fingerprint density at radius 1 is 1.60 bits per heavy atom. The highest BCUT2D eigenvalue weighted by molar-refractivity contribution is 5.76. The number of rotatable bonds is 5. The number of unbranched alkanes of at least 4 members (excludes halogenated alkanes) is 2. The van der Waals surface area contributed by atoms with Gasteiger partial charge in [0.05, 0.1) is 5.54 Å². The van der Waals surface area contributed by atoms with Gasteiger partial charge < -0.3 is 10.6 Å².